The Morgan fingerprint density at radius 3 is 2.07 bits per heavy atom. The molecule has 2 amide bonds. The third-order valence-electron chi connectivity index (χ3n) is 2.79. The summed E-state index contributed by atoms with van der Waals surface area (Å²) in [6, 6.07) is -0.395. The highest BCUT2D eigenvalue weighted by Crippen LogP contribution is 2.04. The van der Waals surface area contributed by atoms with Gasteiger partial charge in [-0.3, -0.25) is 9.59 Å². The summed E-state index contributed by atoms with van der Waals surface area (Å²) in [7, 11) is 0. The Labute approximate surface area is 90.2 Å². The van der Waals surface area contributed by atoms with E-state index in [9.17, 15) is 9.59 Å². The zero-order valence-corrected chi connectivity index (χ0v) is 9.40. The Balaban J connectivity index is 2.43. The molecule has 0 aromatic carbocycles. The van der Waals surface area contributed by atoms with Crippen molar-refractivity contribution >= 4 is 11.8 Å². The molecule has 0 bridgehead atoms. The first-order valence-corrected chi connectivity index (χ1v) is 5.36. The molecule has 1 rings (SSSR count). The second-order valence-corrected chi connectivity index (χ2v) is 3.85. The molecule has 5 nitrogen and oxygen atoms in total. The van der Waals surface area contributed by atoms with Crippen LogP contribution < -0.4 is 5.73 Å². The molecule has 5 heteroatoms. The van der Waals surface area contributed by atoms with Crippen molar-refractivity contribution in [2.24, 2.45) is 5.73 Å². The van der Waals surface area contributed by atoms with Crippen molar-refractivity contribution in [3.05, 3.63) is 0 Å². The molecule has 2 N–H and O–H groups in total. The predicted octanol–water partition coefficient (Wildman–Crippen LogP) is -0.586. The van der Waals surface area contributed by atoms with Crippen LogP contribution in [0.4, 0.5) is 0 Å². The minimum atomic E-state index is -0.395. The van der Waals surface area contributed by atoms with Crippen molar-refractivity contribution in [3.8, 4) is 0 Å². The topological polar surface area (TPSA) is 66.6 Å². The lowest BCUT2D eigenvalue weighted by molar-refractivity contribution is -0.139. The van der Waals surface area contributed by atoms with E-state index in [1.54, 1.807) is 16.7 Å². The molecule has 0 saturated carbocycles. The Kier molecular flexibility index (Phi) is 4.08. The Morgan fingerprint density at radius 1 is 1.20 bits per heavy atom. The fourth-order valence-electron chi connectivity index (χ4n) is 1.65. The Morgan fingerprint density at radius 2 is 1.67 bits per heavy atom. The van der Waals surface area contributed by atoms with Gasteiger partial charge >= 0.3 is 0 Å². The third kappa shape index (κ3) is 2.92. The number of carbonyl (C=O) groups is 2. The lowest BCUT2D eigenvalue weighted by atomic mass is 10.2. The average Bonchev–Trinajstić information content (AvgIpc) is 2.27. The number of piperazine rings is 1. The number of rotatable bonds is 2. The summed E-state index contributed by atoms with van der Waals surface area (Å²) in [5, 5.41) is 0. The van der Waals surface area contributed by atoms with Crippen molar-refractivity contribution in [3.63, 3.8) is 0 Å². The Bertz CT molecular complexity index is 247. The molecular weight excluding hydrogens is 194 g/mol. The van der Waals surface area contributed by atoms with E-state index in [4.69, 9.17) is 5.73 Å². The van der Waals surface area contributed by atoms with Gasteiger partial charge in [-0.1, -0.05) is 6.92 Å². The smallest absolute Gasteiger partial charge is 0.239 e. The number of hydrogen-bond donors (Lipinski definition) is 1. The lowest BCUT2D eigenvalue weighted by Crippen LogP contribution is -2.53. The van der Waals surface area contributed by atoms with Crippen LogP contribution in [0, 0.1) is 0 Å². The van der Waals surface area contributed by atoms with E-state index in [-0.39, 0.29) is 11.8 Å². The van der Waals surface area contributed by atoms with Crippen LogP contribution in [0.2, 0.25) is 0 Å². The van der Waals surface area contributed by atoms with Crippen LogP contribution in [0.1, 0.15) is 20.3 Å². The van der Waals surface area contributed by atoms with E-state index >= 15 is 0 Å². The number of nitrogens with zero attached hydrogens (tertiary/aromatic N) is 2. The first kappa shape index (κ1) is 12.0. The lowest BCUT2D eigenvalue weighted by Gasteiger charge is -2.35. The van der Waals surface area contributed by atoms with Crippen LogP contribution >= 0.6 is 0 Å². The van der Waals surface area contributed by atoms with Crippen molar-refractivity contribution in [2.45, 2.75) is 26.3 Å². The molecule has 0 aromatic rings. The second-order valence-electron chi connectivity index (χ2n) is 3.85. The molecule has 1 fully saturated rings. The van der Waals surface area contributed by atoms with Crippen LogP contribution in [-0.4, -0.2) is 53.8 Å². The second kappa shape index (κ2) is 5.11. The monoisotopic (exact) mass is 213 g/mol. The molecule has 1 aliphatic rings. The highest BCUT2D eigenvalue weighted by atomic mass is 16.2. The number of hydrogen-bond acceptors (Lipinski definition) is 3. The highest BCUT2D eigenvalue weighted by Gasteiger charge is 2.24. The maximum absolute atomic E-state index is 11.7. The van der Waals surface area contributed by atoms with Crippen molar-refractivity contribution in [1.29, 1.82) is 0 Å². The molecule has 1 heterocycles. The average molecular weight is 213 g/mol. The number of carbonyl (C=O) groups excluding carboxylic acids is 2. The third-order valence-corrected chi connectivity index (χ3v) is 2.79. The summed E-state index contributed by atoms with van der Waals surface area (Å²) in [6.07, 6.45) is 0.658. The van der Waals surface area contributed by atoms with Gasteiger partial charge in [-0.05, 0) is 6.42 Å². The molecule has 0 spiro atoms. The van der Waals surface area contributed by atoms with E-state index in [2.05, 4.69) is 0 Å². The van der Waals surface area contributed by atoms with Gasteiger partial charge in [0.15, 0.2) is 0 Å². The molecule has 0 unspecified atom stereocenters. The summed E-state index contributed by atoms with van der Waals surface area (Å²) in [6.45, 7) is 5.90. The quantitative estimate of drug-likeness (QED) is 0.667. The number of amides is 2. The largest absolute Gasteiger partial charge is 0.339 e. The SMILES string of the molecule is CC[C@@H](N)C(=O)N1CCN(C(C)=O)CC1. The van der Waals surface area contributed by atoms with Gasteiger partial charge in [-0.15, -0.1) is 0 Å². The van der Waals surface area contributed by atoms with E-state index in [1.807, 2.05) is 6.92 Å². The van der Waals surface area contributed by atoms with E-state index < -0.39 is 6.04 Å². The van der Waals surface area contributed by atoms with Crippen LogP contribution in [-0.2, 0) is 9.59 Å². The highest BCUT2D eigenvalue weighted by molar-refractivity contribution is 5.82. The summed E-state index contributed by atoms with van der Waals surface area (Å²) in [4.78, 5) is 26.3. The van der Waals surface area contributed by atoms with Gasteiger partial charge in [-0.2, -0.15) is 0 Å². The van der Waals surface area contributed by atoms with Gasteiger partial charge in [0.05, 0.1) is 6.04 Å². The first-order chi connectivity index (χ1) is 7.06. The van der Waals surface area contributed by atoms with Gasteiger partial charge in [0.1, 0.15) is 0 Å². The molecule has 15 heavy (non-hydrogen) atoms. The van der Waals surface area contributed by atoms with Gasteiger partial charge < -0.3 is 15.5 Å². The fourth-order valence-corrected chi connectivity index (χ4v) is 1.65. The molecule has 0 radical (unpaired) electrons. The number of nitrogens with two attached hydrogens (primary N) is 1. The van der Waals surface area contributed by atoms with E-state index in [0.717, 1.165) is 0 Å². The van der Waals surface area contributed by atoms with Crippen LogP contribution in [0.25, 0.3) is 0 Å². The normalized spacial score (nSPS) is 18.9. The zero-order valence-electron chi connectivity index (χ0n) is 9.40. The van der Waals surface area contributed by atoms with Crippen LogP contribution in [0.5, 0.6) is 0 Å². The molecule has 86 valence electrons. The van der Waals surface area contributed by atoms with Crippen molar-refractivity contribution in [2.75, 3.05) is 26.2 Å². The molecule has 0 aliphatic carbocycles. The van der Waals surface area contributed by atoms with Crippen molar-refractivity contribution in [1.82, 2.24) is 9.80 Å². The van der Waals surface area contributed by atoms with E-state index in [1.165, 1.54) is 0 Å². The molecule has 1 saturated heterocycles. The Hall–Kier alpha value is -1.10. The zero-order chi connectivity index (χ0) is 11.4. The maximum atomic E-state index is 11.7. The minimum absolute atomic E-state index is 0.000650. The van der Waals surface area contributed by atoms with Gasteiger partial charge in [-0.25, -0.2) is 0 Å². The summed E-state index contributed by atoms with van der Waals surface area (Å²) < 4.78 is 0. The standard InChI is InChI=1S/C10H19N3O2/c1-3-9(11)10(15)13-6-4-12(5-7-13)8(2)14/h9H,3-7,11H2,1-2H3/t9-/m1/s1. The molecule has 1 atom stereocenters. The van der Waals surface area contributed by atoms with Crippen molar-refractivity contribution < 1.29 is 9.59 Å². The predicted molar refractivity (Wildman–Crippen MR) is 57.1 cm³/mol. The summed E-state index contributed by atoms with van der Waals surface area (Å²) in [5.74, 6) is 0.0718. The van der Waals surface area contributed by atoms with Crippen LogP contribution in [0.15, 0.2) is 0 Å². The van der Waals surface area contributed by atoms with Gasteiger partial charge in [0.25, 0.3) is 0 Å². The summed E-state index contributed by atoms with van der Waals surface area (Å²) >= 11 is 0. The summed E-state index contributed by atoms with van der Waals surface area (Å²) in [5.41, 5.74) is 5.67. The first-order valence-electron chi connectivity index (χ1n) is 5.36. The molecular formula is C10H19N3O2. The molecule has 0 aromatic heterocycles. The minimum Gasteiger partial charge on any atom is -0.339 e. The van der Waals surface area contributed by atoms with Gasteiger partial charge in [0.2, 0.25) is 11.8 Å². The van der Waals surface area contributed by atoms with Gasteiger partial charge in [0, 0.05) is 33.1 Å². The van der Waals surface area contributed by atoms with E-state index in [0.29, 0.717) is 32.6 Å². The maximum Gasteiger partial charge on any atom is 0.239 e. The fraction of sp³-hybridized carbons (Fsp3) is 0.800. The molecule has 1 aliphatic heterocycles. The van der Waals surface area contributed by atoms with Crippen LogP contribution in [0.3, 0.4) is 0 Å².